The molecule has 0 aliphatic carbocycles. The number of rotatable bonds is 7. The van der Waals surface area contributed by atoms with Gasteiger partial charge in [-0.05, 0) is 59.7 Å². The van der Waals surface area contributed by atoms with Crippen LogP contribution in [0.2, 0.25) is 5.02 Å². The summed E-state index contributed by atoms with van der Waals surface area (Å²) in [6.45, 7) is 0.683. The maximum atomic E-state index is 5.94. The lowest BCUT2D eigenvalue weighted by Gasteiger charge is -2.19. The fourth-order valence-electron chi connectivity index (χ4n) is 2.99. The maximum absolute atomic E-state index is 5.94. The zero-order valence-electron chi connectivity index (χ0n) is 16.4. The molecule has 0 spiro atoms. The van der Waals surface area contributed by atoms with Gasteiger partial charge in [0.25, 0.3) is 0 Å². The van der Waals surface area contributed by atoms with Crippen molar-refractivity contribution in [2.75, 3.05) is 5.01 Å². The van der Waals surface area contributed by atoms with E-state index in [-0.39, 0.29) is 0 Å². The lowest BCUT2D eigenvalue weighted by molar-refractivity contribution is 0.482. The van der Waals surface area contributed by atoms with Crippen molar-refractivity contribution in [2.24, 2.45) is 5.10 Å². The predicted octanol–water partition coefficient (Wildman–Crippen LogP) is 7.17. The van der Waals surface area contributed by atoms with Crippen molar-refractivity contribution in [1.29, 1.82) is 0 Å². The molecule has 4 rings (SSSR count). The number of hydrogen-bond acceptors (Lipinski definition) is 3. The second kappa shape index (κ2) is 9.77. The van der Waals surface area contributed by atoms with Crippen LogP contribution in [-0.2, 0) is 6.54 Å². The number of ether oxygens (including phenoxy) is 1. The van der Waals surface area contributed by atoms with Crippen LogP contribution in [-0.4, -0.2) is 6.21 Å². The Labute approximate surface area is 181 Å². The Hall–Kier alpha value is -3.56. The predicted molar refractivity (Wildman–Crippen MR) is 125 cm³/mol. The molecule has 4 heteroatoms. The van der Waals surface area contributed by atoms with Gasteiger partial charge in [-0.3, -0.25) is 5.01 Å². The first-order valence-electron chi connectivity index (χ1n) is 9.70. The van der Waals surface area contributed by atoms with E-state index in [1.807, 2.05) is 96.2 Å². The molecule has 0 radical (unpaired) electrons. The Bertz CT molecular complexity index is 1100. The number of hydrazone groups is 1. The van der Waals surface area contributed by atoms with Crippen LogP contribution in [0.5, 0.6) is 11.5 Å². The van der Waals surface area contributed by atoms with E-state index in [9.17, 15) is 0 Å². The molecule has 0 heterocycles. The van der Waals surface area contributed by atoms with E-state index in [4.69, 9.17) is 21.4 Å². The number of nitrogens with zero attached hydrogens (tertiary/aromatic N) is 2. The number of hydrogen-bond donors (Lipinski definition) is 0. The van der Waals surface area contributed by atoms with Gasteiger partial charge >= 0.3 is 0 Å². The summed E-state index contributed by atoms with van der Waals surface area (Å²) in [6, 6.07) is 35.6. The van der Waals surface area contributed by atoms with Crippen molar-refractivity contribution < 1.29 is 4.74 Å². The van der Waals surface area contributed by atoms with Gasteiger partial charge in [-0.15, -0.1) is 0 Å². The molecule has 148 valence electrons. The van der Waals surface area contributed by atoms with Crippen molar-refractivity contribution in [2.45, 2.75) is 6.54 Å². The Balaban J connectivity index is 1.54. The van der Waals surface area contributed by atoms with E-state index in [1.165, 1.54) is 5.56 Å². The molecule has 30 heavy (non-hydrogen) atoms. The quantitative estimate of drug-likeness (QED) is 0.237. The van der Waals surface area contributed by atoms with Crippen molar-refractivity contribution in [3.63, 3.8) is 0 Å². The molecule has 0 N–H and O–H groups in total. The highest BCUT2D eigenvalue weighted by molar-refractivity contribution is 6.30. The van der Waals surface area contributed by atoms with Gasteiger partial charge in [0.05, 0.1) is 18.4 Å². The minimum absolute atomic E-state index is 0.683. The molecule has 0 atom stereocenters. The fourth-order valence-corrected chi connectivity index (χ4v) is 3.11. The monoisotopic (exact) mass is 412 g/mol. The second-order valence-electron chi connectivity index (χ2n) is 6.75. The van der Waals surface area contributed by atoms with Gasteiger partial charge in [0.15, 0.2) is 0 Å². The topological polar surface area (TPSA) is 24.8 Å². The minimum Gasteiger partial charge on any atom is -0.457 e. The van der Waals surface area contributed by atoms with Crippen LogP contribution in [0.25, 0.3) is 0 Å². The van der Waals surface area contributed by atoms with Crippen LogP contribution in [0.4, 0.5) is 5.69 Å². The highest BCUT2D eigenvalue weighted by Crippen LogP contribution is 2.24. The molecule has 4 aromatic carbocycles. The summed E-state index contributed by atoms with van der Waals surface area (Å²) >= 11 is 5.94. The van der Waals surface area contributed by atoms with Crippen molar-refractivity contribution >= 4 is 23.5 Å². The number of benzene rings is 4. The molecule has 0 saturated heterocycles. The summed E-state index contributed by atoms with van der Waals surface area (Å²) in [5.74, 6) is 1.49. The van der Waals surface area contributed by atoms with Crippen LogP contribution in [0, 0.1) is 0 Å². The van der Waals surface area contributed by atoms with Crippen LogP contribution < -0.4 is 9.75 Å². The zero-order chi connectivity index (χ0) is 20.6. The average Bonchev–Trinajstić information content (AvgIpc) is 2.80. The Morgan fingerprint density at radius 3 is 2.17 bits per heavy atom. The summed E-state index contributed by atoms with van der Waals surface area (Å²) in [5.41, 5.74) is 3.18. The van der Waals surface area contributed by atoms with E-state index >= 15 is 0 Å². The first-order valence-corrected chi connectivity index (χ1v) is 10.1. The van der Waals surface area contributed by atoms with E-state index in [0.717, 1.165) is 22.7 Å². The molecule has 0 amide bonds. The molecule has 0 aliphatic heterocycles. The summed E-state index contributed by atoms with van der Waals surface area (Å²) in [4.78, 5) is 0. The summed E-state index contributed by atoms with van der Waals surface area (Å²) in [5, 5.41) is 7.43. The second-order valence-corrected chi connectivity index (χ2v) is 7.19. The third kappa shape index (κ3) is 5.49. The Morgan fingerprint density at radius 1 is 0.733 bits per heavy atom. The number of halogens is 1. The average molecular weight is 413 g/mol. The fraction of sp³-hybridized carbons (Fsp3) is 0.0385. The Morgan fingerprint density at radius 2 is 1.43 bits per heavy atom. The van der Waals surface area contributed by atoms with Gasteiger partial charge < -0.3 is 4.74 Å². The molecule has 0 fully saturated rings. The van der Waals surface area contributed by atoms with Gasteiger partial charge in [-0.25, -0.2) is 0 Å². The smallest absolute Gasteiger partial charge is 0.128 e. The van der Waals surface area contributed by atoms with E-state index in [2.05, 4.69) is 24.3 Å². The zero-order valence-corrected chi connectivity index (χ0v) is 17.1. The van der Waals surface area contributed by atoms with Gasteiger partial charge in [0.2, 0.25) is 0 Å². The first-order chi connectivity index (χ1) is 14.8. The lowest BCUT2D eigenvalue weighted by Crippen LogP contribution is -2.16. The van der Waals surface area contributed by atoms with Crippen LogP contribution in [0.3, 0.4) is 0 Å². The highest BCUT2D eigenvalue weighted by atomic mass is 35.5. The van der Waals surface area contributed by atoms with E-state index in [0.29, 0.717) is 11.6 Å². The third-order valence-corrected chi connectivity index (χ3v) is 4.74. The molecule has 0 unspecified atom stereocenters. The van der Waals surface area contributed by atoms with Gasteiger partial charge in [-0.1, -0.05) is 72.3 Å². The lowest BCUT2D eigenvalue weighted by atomic mass is 10.2. The summed E-state index contributed by atoms with van der Waals surface area (Å²) < 4.78 is 5.93. The largest absolute Gasteiger partial charge is 0.457 e. The molecular weight excluding hydrogens is 392 g/mol. The standard InChI is InChI=1S/C26H21ClN2O/c27-23-14-16-25(17-15-23)30-26-13-7-10-22(18-26)19-28-29(24-11-5-2-6-12-24)20-21-8-3-1-4-9-21/h1-19H,20H2/b28-19+. The molecule has 0 bridgehead atoms. The highest BCUT2D eigenvalue weighted by Gasteiger charge is 2.05. The van der Waals surface area contributed by atoms with E-state index < -0.39 is 0 Å². The van der Waals surface area contributed by atoms with Gasteiger partial charge in [0, 0.05) is 5.02 Å². The van der Waals surface area contributed by atoms with Gasteiger partial charge in [-0.2, -0.15) is 5.10 Å². The molecule has 0 saturated carbocycles. The van der Waals surface area contributed by atoms with Gasteiger partial charge in [0.1, 0.15) is 11.5 Å². The molecule has 0 aliphatic rings. The molecule has 4 aromatic rings. The summed E-state index contributed by atoms with van der Waals surface area (Å²) in [6.07, 6.45) is 1.85. The van der Waals surface area contributed by atoms with E-state index in [1.54, 1.807) is 0 Å². The number of anilines is 1. The SMILES string of the molecule is Clc1ccc(Oc2cccc(/C=N/N(Cc3ccccc3)c3ccccc3)c2)cc1. The Kier molecular flexibility index (Phi) is 6.43. The molecular formula is C26H21ClN2O. The van der Waals surface area contributed by atoms with Crippen molar-refractivity contribution in [3.05, 3.63) is 125 Å². The van der Waals surface area contributed by atoms with Crippen LogP contribution in [0.1, 0.15) is 11.1 Å². The minimum atomic E-state index is 0.683. The van der Waals surface area contributed by atoms with Crippen LogP contribution >= 0.6 is 11.6 Å². The summed E-state index contributed by atoms with van der Waals surface area (Å²) in [7, 11) is 0. The van der Waals surface area contributed by atoms with Crippen molar-refractivity contribution in [3.8, 4) is 11.5 Å². The normalized spacial score (nSPS) is 10.8. The molecule has 3 nitrogen and oxygen atoms in total. The van der Waals surface area contributed by atoms with Crippen molar-refractivity contribution in [1.82, 2.24) is 0 Å². The maximum Gasteiger partial charge on any atom is 0.128 e. The number of para-hydroxylation sites is 1. The molecule has 0 aromatic heterocycles. The third-order valence-electron chi connectivity index (χ3n) is 4.48. The first kappa shape index (κ1) is 19.7. The van der Waals surface area contributed by atoms with Crippen LogP contribution in [0.15, 0.2) is 114 Å².